The van der Waals surface area contributed by atoms with Crippen LogP contribution in [0.5, 0.6) is 0 Å². The van der Waals surface area contributed by atoms with E-state index in [4.69, 9.17) is 0 Å². The third kappa shape index (κ3) is 3.87. The second kappa shape index (κ2) is 6.45. The van der Waals surface area contributed by atoms with Gasteiger partial charge in [0, 0.05) is 6.07 Å². The van der Waals surface area contributed by atoms with Crippen LogP contribution in [0.15, 0.2) is 54.6 Å². The molecule has 19 heavy (non-hydrogen) atoms. The Morgan fingerprint density at radius 3 is 2.00 bits per heavy atom. The molecule has 0 saturated carbocycles. The quantitative estimate of drug-likeness (QED) is 0.777. The van der Waals surface area contributed by atoms with Crippen molar-refractivity contribution in [1.29, 1.82) is 0 Å². The number of aryl methyl sites for hydroxylation is 1. The Morgan fingerprint density at radius 2 is 1.37 bits per heavy atom. The zero-order chi connectivity index (χ0) is 13.7. The summed E-state index contributed by atoms with van der Waals surface area (Å²) in [4.78, 5) is 0. The van der Waals surface area contributed by atoms with Crippen molar-refractivity contribution >= 4 is 11.4 Å². The summed E-state index contributed by atoms with van der Waals surface area (Å²) in [5.74, 6) is 0. The van der Waals surface area contributed by atoms with Gasteiger partial charge in [-0.2, -0.15) is 0 Å². The van der Waals surface area contributed by atoms with Gasteiger partial charge in [-0.3, -0.25) is 0 Å². The second-order valence-corrected chi connectivity index (χ2v) is 4.58. The number of para-hydroxylation sites is 1. The number of rotatable bonds is 5. The maximum atomic E-state index is 12.0. The lowest BCUT2D eigenvalue weighted by Gasteiger charge is -2.26. The Labute approximate surface area is 113 Å². The second-order valence-electron chi connectivity index (χ2n) is 4.58. The predicted octanol–water partition coefficient (Wildman–Crippen LogP) is 0.724. The van der Waals surface area contributed by atoms with Crippen molar-refractivity contribution in [2.24, 2.45) is 0 Å². The number of hydrogen-bond donors (Lipinski definition) is 2. The molecule has 2 atom stereocenters. The molecular formula is C15H18N2O2. The number of hydrogen-bond acceptors (Lipinski definition) is 2. The van der Waals surface area contributed by atoms with Gasteiger partial charge in [-0.15, -0.1) is 0 Å². The Balaban J connectivity index is 1.92. The Bertz CT molecular complexity index is 517. The van der Waals surface area contributed by atoms with E-state index in [0.717, 1.165) is 5.56 Å². The summed E-state index contributed by atoms with van der Waals surface area (Å²) in [6, 6.07) is 16.5. The molecule has 100 valence electrons. The standard InChI is InChI=1S/C15H18N2O2/c1-13-6-5-9-15(12-13)17(19)11-10-16(18)14-7-3-2-4-8-14/h2-9,12,16-17H,10-11H2,1H3. The third-order valence-corrected chi connectivity index (χ3v) is 3.01. The Kier molecular flexibility index (Phi) is 4.65. The smallest absolute Gasteiger partial charge is 0.132 e. The molecule has 2 N–H and O–H groups in total. The van der Waals surface area contributed by atoms with Crippen molar-refractivity contribution in [3.05, 3.63) is 70.6 Å². The lowest BCUT2D eigenvalue weighted by molar-refractivity contribution is -0.841. The van der Waals surface area contributed by atoms with E-state index in [1.165, 1.54) is 0 Å². The highest BCUT2D eigenvalue weighted by Crippen LogP contribution is 2.04. The normalized spacial score (nSPS) is 14.1. The highest BCUT2D eigenvalue weighted by molar-refractivity contribution is 5.33. The molecule has 4 heteroatoms. The highest BCUT2D eigenvalue weighted by atomic mass is 16.5. The third-order valence-electron chi connectivity index (χ3n) is 3.01. The summed E-state index contributed by atoms with van der Waals surface area (Å²) in [6.45, 7) is 2.47. The Morgan fingerprint density at radius 1 is 0.789 bits per heavy atom. The van der Waals surface area contributed by atoms with E-state index in [1.807, 2.05) is 43.3 Å². The minimum absolute atomic E-state index is 0.0154. The summed E-state index contributed by atoms with van der Waals surface area (Å²) < 4.78 is 0. The molecule has 4 nitrogen and oxygen atoms in total. The van der Waals surface area contributed by atoms with E-state index in [2.05, 4.69) is 0 Å². The molecule has 0 aromatic heterocycles. The summed E-state index contributed by atoms with van der Waals surface area (Å²) in [7, 11) is 0. The maximum Gasteiger partial charge on any atom is 0.132 e. The largest absolute Gasteiger partial charge is 0.629 e. The van der Waals surface area contributed by atoms with Gasteiger partial charge in [-0.25, -0.2) is 0 Å². The maximum absolute atomic E-state index is 12.0. The monoisotopic (exact) mass is 258 g/mol. The fourth-order valence-electron chi connectivity index (χ4n) is 1.96. The predicted molar refractivity (Wildman–Crippen MR) is 75.3 cm³/mol. The molecule has 0 heterocycles. The molecule has 0 aliphatic carbocycles. The molecule has 0 amide bonds. The zero-order valence-electron chi connectivity index (χ0n) is 10.9. The van der Waals surface area contributed by atoms with Gasteiger partial charge < -0.3 is 20.5 Å². The van der Waals surface area contributed by atoms with Gasteiger partial charge in [0.25, 0.3) is 0 Å². The number of benzene rings is 2. The lowest BCUT2D eigenvalue weighted by atomic mass is 10.2. The van der Waals surface area contributed by atoms with Crippen molar-refractivity contribution in [3.8, 4) is 0 Å². The minimum atomic E-state index is 0.0154. The van der Waals surface area contributed by atoms with Crippen molar-refractivity contribution in [2.45, 2.75) is 6.92 Å². The van der Waals surface area contributed by atoms with Crippen LogP contribution in [0, 0.1) is 17.3 Å². The van der Waals surface area contributed by atoms with Crippen molar-refractivity contribution in [1.82, 2.24) is 0 Å². The van der Waals surface area contributed by atoms with Crippen LogP contribution in [0.1, 0.15) is 5.56 Å². The number of nitrogens with one attached hydrogen (secondary N) is 2. The summed E-state index contributed by atoms with van der Waals surface area (Å²) in [6.07, 6.45) is 0. The van der Waals surface area contributed by atoms with Gasteiger partial charge in [-0.1, -0.05) is 30.3 Å². The molecular weight excluding hydrogens is 240 g/mol. The zero-order valence-corrected chi connectivity index (χ0v) is 10.9. The van der Waals surface area contributed by atoms with E-state index in [0.29, 0.717) is 11.4 Å². The fourth-order valence-corrected chi connectivity index (χ4v) is 1.96. The van der Waals surface area contributed by atoms with Gasteiger partial charge in [0.2, 0.25) is 0 Å². The molecule has 0 radical (unpaired) electrons. The minimum Gasteiger partial charge on any atom is -0.629 e. The molecule has 0 fully saturated rings. The van der Waals surface area contributed by atoms with Crippen molar-refractivity contribution in [2.75, 3.05) is 13.1 Å². The average Bonchev–Trinajstić information content (AvgIpc) is 2.45. The van der Waals surface area contributed by atoms with Gasteiger partial charge in [-0.05, 0) is 30.7 Å². The topological polar surface area (TPSA) is 55.0 Å². The number of hydroxylamine groups is 2. The molecule has 0 spiro atoms. The molecule has 0 aliphatic rings. The first-order chi connectivity index (χ1) is 9.16. The van der Waals surface area contributed by atoms with E-state index in [1.54, 1.807) is 18.2 Å². The summed E-state index contributed by atoms with van der Waals surface area (Å²) >= 11 is 0. The SMILES string of the molecule is Cc1cccc([NH+]([O-])CC[NH+]([O-])c2ccccc2)c1. The molecule has 0 bridgehead atoms. The lowest BCUT2D eigenvalue weighted by Crippen LogP contribution is -3.11. The van der Waals surface area contributed by atoms with Crippen LogP contribution in [-0.2, 0) is 0 Å². The van der Waals surface area contributed by atoms with Crippen molar-refractivity contribution in [3.63, 3.8) is 0 Å². The number of quaternary nitrogens is 2. The molecule has 2 unspecified atom stereocenters. The van der Waals surface area contributed by atoms with E-state index in [-0.39, 0.29) is 23.2 Å². The average molecular weight is 258 g/mol. The van der Waals surface area contributed by atoms with E-state index < -0.39 is 0 Å². The van der Waals surface area contributed by atoms with Gasteiger partial charge in [0.15, 0.2) is 0 Å². The van der Waals surface area contributed by atoms with Crippen LogP contribution in [0.4, 0.5) is 11.4 Å². The van der Waals surface area contributed by atoms with Crippen LogP contribution < -0.4 is 10.1 Å². The molecule has 2 rings (SSSR count). The molecule has 0 aliphatic heterocycles. The van der Waals surface area contributed by atoms with E-state index >= 15 is 0 Å². The molecule has 2 aromatic carbocycles. The first-order valence-electron chi connectivity index (χ1n) is 6.35. The highest BCUT2D eigenvalue weighted by Gasteiger charge is 2.07. The molecule has 0 saturated heterocycles. The molecule has 2 aromatic rings. The fraction of sp³-hybridized carbons (Fsp3) is 0.200. The van der Waals surface area contributed by atoms with Crippen LogP contribution in [0.2, 0.25) is 0 Å². The summed E-state index contributed by atoms with van der Waals surface area (Å²) in [5.41, 5.74) is 2.40. The van der Waals surface area contributed by atoms with Gasteiger partial charge in [0.1, 0.15) is 24.5 Å². The van der Waals surface area contributed by atoms with Crippen LogP contribution in [0.25, 0.3) is 0 Å². The van der Waals surface area contributed by atoms with Gasteiger partial charge >= 0.3 is 0 Å². The first kappa shape index (κ1) is 13.7. The first-order valence-corrected chi connectivity index (χ1v) is 6.35. The van der Waals surface area contributed by atoms with Gasteiger partial charge in [0.05, 0.1) is 0 Å². The summed E-state index contributed by atoms with van der Waals surface area (Å²) in [5, 5.41) is 23.9. The van der Waals surface area contributed by atoms with Crippen molar-refractivity contribution < 1.29 is 10.1 Å². The van der Waals surface area contributed by atoms with Crippen LogP contribution >= 0.6 is 0 Å². The van der Waals surface area contributed by atoms with Crippen LogP contribution in [0.3, 0.4) is 0 Å². The van der Waals surface area contributed by atoms with Crippen LogP contribution in [-0.4, -0.2) is 13.1 Å². The van der Waals surface area contributed by atoms with E-state index in [9.17, 15) is 10.4 Å². The Hall–Kier alpha value is -1.72.